The Morgan fingerprint density at radius 3 is 0.875 bits per heavy atom. The lowest BCUT2D eigenvalue weighted by atomic mass is 9.74. The van der Waals surface area contributed by atoms with Gasteiger partial charge in [-0.3, -0.25) is 0 Å². The van der Waals surface area contributed by atoms with Gasteiger partial charge in [-0.05, 0) is 23.3 Å². The van der Waals surface area contributed by atoms with Crippen LogP contribution in [0.15, 0.2) is 206 Å². The molecule has 1 aliphatic rings. The van der Waals surface area contributed by atoms with Gasteiger partial charge in [0.2, 0.25) is 0 Å². The molecule has 0 N–H and O–H groups in total. The summed E-state index contributed by atoms with van der Waals surface area (Å²) < 4.78 is 7.20. The minimum atomic E-state index is -0.378. The van der Waals surface area contributed by atoms with E-state index in [-0.39, 0.29) is 5.41 Å². The maximum absolute atomic E-state index is 7.20. The van der Waals surface area contributed by atoms with Crippen molar-refractivity contribution in [2.24, 2.45) is 0 Å². The molecule has 8 aromatic carbocycles. The summed E-state index contributed by atoms with van der Waals surface area (Å²) in [6, 6.07) is 69.9. The molecule has 0 spiro atoms. The summed E-state index contributed by atoms with van der Waals surface area (Å²) >= 11 is 0. The van der Waals surface area contributed by atoms with E-state index in [0.717, 1.165) is 78.3 Å². The van der Waals surface area contributed by atoms with Crippen molar-refractivity contribution < 1.29 is 4.74 Å². The van der Waals surface area contributed by atoms with E-state index >= 15 is 0 Å². The quantitative estimate of drug-likeness (QED) is 0.151. The fourth-order valence-corrected chi connectivity index (χ4v) is 8.51. The van der Waals surface area contributed by atoms with Crippen molar-refractivity contribution in [3.8, 4) is 102 Å². The number of para-hydroxylation sites is 2. The summed E-state index contributed by atoms with van der Waals surface area (Å²) in [6.07, 6.45) is 0. The predicted octanol–water partition coefficient (Wildman–Crippen LogP) is 13.8. The number of nitrogens with zero attached hydrogens (tertiary/aromatic N) is 6. The molecule has 11 rings (SSSR count). The molecule has 0 radical (unpaired) electrons. The lowest BCUT2D eigenvalue weighted by Crippen LogP contribution is -2.25. The van der Waals surface area contributed by atoms with Crippen molar-refractivity contribution in [3.63, 3.8) is 0 Å². The first-order valence-electron chi connectivity index (χ1n) is 21.4. The summed E-state index contributed by atoms with van der Waals surface area (Å²) in [6.45, 7) is 4.55. The molecule has 0 saturated heterocycles. The number of ether oxygens (including phenoxy) is 1. The molecule has 64 heavy (non-hydrogen) atoms. The summed E-state index contributed by atoms with van der Waals surface area (Å²) in [7, 11) is 0. The van der Waals surface area contributed by atoms with Crippen LogP contribution >= 0.6 is 0 Å². The second-order valence-electron chi connectivity index (χ2n) is 16.3. The zero-order valence-corrected chi connectivity index (χ0v) is 35.2. The second kappa shape index (κ2) is 16.1. The van der Waals surface area contributed by atoms with Crippen molar-refractivity contribution in [2.75, 3.05) is 0 Å². The summed E-state index contributed by atoms with van der Waals surface area (Å²) in [5.74, 6) is 5.31. The van der Waals surface area contributed by atoms with Crippen LogP contribution in [0.1, 0.15) is 25.0 Å². The highest BCUT2D eigenvalue weighted by molar-refractivity contribution is 5.83. The molecule has 0 amide bonds. The summed E-state index contributed by atoms with van der Waals surface area (Å²) in [4.78, 5) is 29.9. The van der Waals surface area contributed by atoms with Crippen LogP contribution in [0.3, 0.4) is 0 Å². The van der Waals surface area contributed by atoms with Crippen molar-refractivity contribution in [2.45, 2.75) is 19.3 Å². The molecule has 3 heterocycles. The average Bonchev–Trinajstić information content (AvgIpc) is 3.37. The SMILES string of the molecule is CC1(C)c2cccc(-c3cccc(-c4nc(-c5ccccc5)nc(-c5ccccc5)n4)c3)c2Oc2c(-c3cccc(-c4nc(-c5ccccc5)nc(-c5ccccc5)n4)c3)cccc21. The largest absolute Gasteiger partial charge is 0.455 e. The fraction of sp³-hybridized carbons (Fsp3) is 0.0526. The minimum Gasteiger partial charge on any atom is -0.455 e. The molecule has 0 unspecified atom stereocenters. The molecule has 10 aromatic rings. The van der Waals surface area contributed by atoms with E-state index in [9.17, 15) is 0 Å². The normalized spacial score (nSPS) is 12.5. The highest BCUT2D eigenvalue weighted by Crippen LogP contribution is 2.54. The first-order chi connectivity index (χ1) is 31.5. The van der Waals surface area contributed by atoms with Gasteiger partial charge in [-0.15, -0.1) is 0 Å². The Labute approximate surface area is 371 Å². The molecular weight excluding hydrogens is 785 g/mol. The van der Waals surface area contributed by atoms with E-state index in [1.165, 1.54) is 0 Å². The lowest BCUT2D eigenvalue weighted by molar-refractivity contribution is 0.421. The first-order valence-corrected chi connectivity index (χ1v) is 21.4. The zero-order valence-electron chi connectivity index (χ0n) is 35.2. The fourth-order valence-electron chi connectivity index (χ4n) is 8.51. The maximum Gasteiger partial charge on any atom is 0.164 e. The minimum absolute atomic E-state index is 0.378. The monoisotopic (exact) mass is 824 g/mol. The smallest absolute Gasteiger partial charge is 0.164 e. The summed E-state index contributed by atoms with van der Waals surface area (Å²) in [5, 5.41) is 0. The van der Waals surface area contributed by atoms with Gasteiger partial charge in [0.25, 0.3) is 0 Å². The lowest BCUT2D eigenvalue weighted by Gasteiger charge is -2.36. The molecule has 7 nitrogen and oxygen atoms in total. The van der Waals surface area contributed by atoms with Gasteiger partial charge in [0.15, 0.2) is 34.9 Å². The first kappa shape index (κ1) is 38.5. The van der Waals surface area contributed by atoms with E-state index in [2.05, 4.69) is 98.8 Å². The van der Waals surface area contributed by atoms with E-state index in [4.69, 9.17) is 34.6 Å². The maximum atomic E-state index is 7.20. The van der Waals surface area contributed by atoms with Gasteiger partial charge in [0, 0.05) is 61.0 Å². The van der Waals surface area contributed by atoms with Gasteiger partial charge in [-0.1, -0.05) is 208 Å². The molecule has 0 saturated carbocycles. The van der Waals surface area contributed by atoms with Crippen molar-refractivity contribution in [1.29, 1.82) is 0 Å². The average molecular weight is 825 g/mol. The Morgan fingerprint density at radius 1 is 0.281 bits per heavy atom. The number of benzene rings is 8. The Bertz CT molecular complexity index is 2980. The van der Waals surface area contributed by atoms with Gasteiger partial charge >= 0.3 is 0 Å². The standard InChI is InChI=1S/C57H40N6O/c1-57(2)47-33-17-31-45(41-27-15-29-43(35-41)55-60-51(37-19-7-3-8-20-37)58-52(61-55)38-21-9-4-10-22-38)49(47)64-50-46(32-18-34-48(50)57)42-28-16-30-44(36-42)56-62-53(39-23-11-5-12-24-39)59-54(63-56)40-25-13-6-14-26-40/h3-36H,1-2H3. The van der Waals surface area contributed by atoms with Gasteiger partial charge in [-0.25, -0.2) is 29.9 Å². The molecule has 0 aliphatic carbocycles. The predicted molar refractivity (Wildman–Crippen MR) is 255 cm³/mol. The Balaban J connectivity index is 0.996. The number of aromatic nitrogens is 6. The molecule has 304 valence electrons. The molecule has 7 heteroatoms. The van der Waals surface area contributed by atoms with E-state index in [0.29, 0.717) is 34.9 Å². The Kier molecular flexibility index (Phi) is 9.70. The third-order valence-corrected chi connectivity index (χ3v) is 11.8. The molecule has 0 bridgehead atoms. The molecular formula is C57H40N6O. The van der Waals surface area contributed by atoms with Crippen molar-refractivity contribution in [1.82, 2.24) is 29.9 Å². The van der Waals surface area contributed by atoms with Crippen LogP contribution in [-0.4, -0.2) is 29.9 Å². The summed E-state index contributed by atoms with van der Waals surface area (Å²) in [5.41, 5.74) is 11.3. The molecule has 0 fully saturated rings. The van der Waals surface area contributed by atoms with E-state index < -0.39 is 0 Å². The van der Waals surface area contributed by atoms with E-state index in [1.54, 1.807) is 0 Å². The van der Waals surface area contributed by atoms with Crippen LogP contribution in [0.25, 0.3) is 90.6 Å². The van der Waals surface area contributed by atoms with Gasteiger partial charge in [0.1, 0.15) is 11.5 Å². The third kappa shape index (κ3) is 7.19. The van der Waals surface area contributed by atoms with Gasteiger partial charge < -0.3 is 4.74 Å². The topological polar surface area (TPSA) is 86.6 Å². The van der Waals surface area contributed by atoms with Crippen LogP contribution in [0.4, 0.5) is 0 Å². The number of hydrogen-bond acceptors (Lipinski definition) is 7. The Hall–Kier alpha value is -8.42. The second-order valence-corrected chi connectivity index (χ2v) is 16.3. The van der Waals surface area contributed by atoms with Crippen LogP contribution < -0.4 is 4.74 Å². The van der Waals surface area contributed by atoms with Crippen LogP contribution in [0.2, 0.25) is 0 Å². The van der Waals surface area contributed by atoms with Crippen LogP contribution in [0.5, 0.6) is 11.5 Å². The molecule has 0 atom stereocenters. The van der Waals surface area contributed by atoms with Crippen molar-refractivity contribution in [3.05, 3.63) is 217 Å². The molecule has 1 aliphatic heterocycles. The van der Waals surface area contributed by atoms with Gasteiger partial charge in [-0.2, -0.15) is 0 Å². The molecule has 2 aromatic heterocycles. The van der Waals surface area contributed by atoms with Crippen molar-refractivity contribution >= 4 is 0 Å². The van der Waals surface area contributed by atoms with Crippen LogP contribution in [-0.2, 0) is 5.41 Å². The van der Waals surface area contributed by atoms with Crippen LogP contribution in [0, 0.1) is 0 Å². The highest BCUT2D eigenvalue weighted by atomic mass is 16.5. The third-order valence-electron chi connectivity index (χ3n) is 11.8. The van der Waals surface area contributed by atoms with Gasteiger partial charge in [0.05, 0.1) is 0 Å². The Morgan fingerprint density at radius 2 is 0.547 bits per heavy atom. The number of rotatable bonds is 8. The highest BCUT2D eigenvalue weighted by Gasteiger charge is 2.37. The zero-order chi connectivity index (χ0) is 43.0. The number of fused-ring (bicyclic) bond motifs is 2. The van der Waals surface area contributed by atoms with E-state index in [1.807, 2.05) is 121 Å². The number of hydrogen-bond donors (Lipinski definition) is 0.